The Labute approximate surface area is 165 Å². The van der Waals surface area contributed by atoms with E-state index in [-0.39, 0.29) is 0 Å². The molecule has 0 amide bonds. The van der Waals surface area contributed by atoms with Crippen molar-refractivity contribution in [3.63, 3.8) is 0 Å². The van der Waals surface area contributed by atoms with Gasteiger partial charge in [0.05, 0.1) is 24.9 Å². The van der Waals surface area contributed by atoms with Crippen molar-refractivity contribution in [1.29, 1.82) is 5.41 Å². The lowest BCUT2D eigenvalue weighted by molar-refractivity contribution is 0.0369. The highest BCUT2D eigenvalue weighted by Crippen LogP contribution is 2.25. The van der Waals surface area contributed by atoms with Crippen molar-refractivity contribution < 1.29 is 4.74 Å². The molecule has 3 heterocycles. The van der Waals surface area contributed by atoms with E-state index in [1.54, 1.807) is 0 Å². The van der Waals surface area contributed by atoms with Crippen LogP contribution in [0.25, 0.3) is 16.7 Å². The van der Waals surface area contributed by atoms with Gasteiger partial charge in [0.25, 0.3) is 0 Å². The normalized spacial score (nSPS) is 15.4. The number of hydrogen-bond acceptors (Lipinski definition) is 4. The first-order valence-corrected chi connectivity index (χ1v) is 10.0. The molecular formula is C22H29N5O. The van der Waals surface area contributed by atoms with Crippen LogP contribution in [0.2, 0.25) is 0 Å². The minimum Gasteiger partial charge on any atom is -0.379 e. The van der Waals surface area contributed by atoms with Crippen molar-refractivity contribution in [2.75, 3.05) is 32.8 Å². The maximum absolute atomic E-state index is 8.79. The molecule has 6 heteroatoms. The third-order valence-electron chi connectivity index (χ3n) is 5.80. The zero-order valence-corrected chi connectivity index (χ0v) is 17.0. The minimum absolute atomic E-state index is 0.554. The van der Waals surface area contributed by atoms with Crippen LogP contribution in [-0.4, -0.2) is 51.9 Å². The molecule has 148 valence electrons. The molecule has 1 fully saturated rings. The molecule has 0 aliphatic carbocycles. The molecule has 28 heavy (non-hydrogen) atoms. The third kappa shape index (κ3) is 3.50. The Kier molecular flexibility index (Phi) is 5.33. The molecule has 1 saturated heterocycles. The number of morpholine rings is 1. The fourth-order valence-electron chi connectivity index (χ4n) is 3.99. The Bertz CT molecular complexity index is 1030. The number of nitrogens with zero attached hydrogens (tertiary/aromatic N) is 4. The summed E-state index contributed by atoms with van der Waals surface area (Å²) in [6, 6.07) is 8.48. The van der Waals surface area contributed by atoms with E-state index in [0.29, 0.717) is 5.49 Å². The standard InChI is InChI=1S/C22H29N5O/c1-16-5-7-19(8-6-16)27-18(3)17(2)20-21(23)26(15-24-22(20)27)10-4-9-25-11-13-28-14-12-25/h5-8,15,23H,4,9-14H2,1-3H3. The summed E-state index contributed by atoms with van der Waals surface area (Å²) in [5.74, 6) is 0. The first-order chi connectivity index (χ1) is 13.6. The number of fused-ring (bicyclic) bond motifs is 1. The number of aromatic nitrogens is 3. The van der Waals surface area contributed by atoms with Gasteiger partial charge in [0.1, 0.15) is 11.1 Å². The predicted octanol–water partition coefficient (Wildman–Crippen LogP) is 2.95. The Morgan fingerprint density at radius 3 is 2.46 bits per heavy atom. The molecule has 1 aliphatic heterocycles. The van der Waals surface area contributed by atoms with E-state index < -0.39 is 0 Å². The van der Waals surface area contributed by atoms with Gasteiger partial charge >= 0.3 is 0 Å². The average molecular weight is 380 g/mol. The highest BCUT2D eigenvalue weighted by Gasteiger charge is 2.16. The number of ether oxygens (including phenoxy) is 1. The third-order valence-corrected chi connectivity index (χ3v) is 5.80. The second-order valence-electron chi connectivity index (χ2n) is 7.67. The summed E-state index contributed by atoms with van der Waals surface area (Å²) in [4.78, 5) is 7.19. The first kappa shape index (κ1) is 18.9. The molecular weight excluding hydrogens is 350 g/mol. The van der Waals surface area contributed by atoms with Crippen LogP contribution in [0.15, 0.2) is 30.6 Å². The van der Waals surface area contributed by atoms with Crippen molar-refractivity contribution in [2.24, 2.45) is 0 Å². The molecule has 0 radical (unpaired) electrons. The summed E-state index contributed by atoms with van der Waals surface area (Å²) in [7, 11) is 0. The number of nitrogens with one attached hydrogen (secondary N) is 1. The van der Waals surface area contributed by atoms with Gasteiger partial charge in [0.15, 0.2) is 0 Å². The van der Waals surface area contributed by atoms with E-state index in [0.717, 1.165) is 73.8 Å². The molecule has 1 aromatic carbocycles. The van der Waals surface area contributed by atoms with Crippen LogP contribution in [0.3, 0.4) is 0 Å². The minimum atomic E-state index is 0.554. The summed E-state index contributed by atoms with van der Waals surface area (Å²) < 4.78 is 9.56. The molecule has 6 nitrogen and oxygen atoms in total. The van der Waals surface area contributed by atoms with Crippen molar-refractivity contribution in [3.8, 4) is 5.69 Å². The summed E-state index contributed by atoms with van der Waals surface area (Å²) in [5, 5.41) is 9.74. The highest BCUT2D eigenvalue weighted by atomic mass is 16.5. The molecule has 0 unspecified atom stereocenters. The molecule has 4 rings (SSSR count). The fourth-order valence-corrected chi connectivity index (χ4v) is 3.99. The van der Waals surface area contributed by atoms with E-state index in [2.05, 4.69) is 54.5 Å². The lowest BCUT2D eigenvalue weighted by Crippen LogP contribution is -2.37. The van der Waals surface area contributed by atoms with Crippen LogP contribution in [0.4, 0.5) is 0 Å². The van der Waals surface area contributed by atoms with Crippen LogP contribution in [-0.2, 0) is 11.3 Å². The van der Waals surface area contributed by atoms with E-state index >= 15 is 0 Å². The van der Waals surface area contributed by atoms with Gasteiger partial charge in [-0.3, -0.25) is 14.9 Å². The first-order valence-electron chi connectivity index (χ1n) is 10.0. The van der Waals surface area contributed by atoms with Crippen LogP contribution >= 0.6 is 0 Å². The number of rotatable bonds is 5. The van der Waals surface area contributed by atoms with Gasteiger partial charge in [-0.15, -0.1) is 0 Å². The Balaban J connectivity index is 1.63. The molecule has 1 N–H and O–H groups in total. The zero-order chi connectivity index (χ0) is 19.7. The number of aryl methyl sites for hydroxylation is 3. The SMILES string of the molecule is Cc1ccc(-n2c(C)c(C)c3c(=N)n(CCCN4CCOCC4)cnc32)cc1. The Morgan fingerprint density at radius 1 is 1.04 bits per heavy atom. The molecule has 0 spiro atoms. The smallest absolute Gasteiger partial charge is 0.150 e. The highest BCUT2D eigenvalue weighted by molar-refractivity contribution is 5.82. The molecule has 0 bridgehead atoms. The maximum atomic E-state index is 8.79. The molecule has 3 aromatic rings. The largest absolute Gasteiger partial charge is 0.379 e. The monoisotopic (exact) mass is 379 g/mol. The van der Waals surface area contributed by atoms with Crippen LogP contribution < -0.4 is 5.49 Å². The molecule has 0 atom stereocenters. The van der Waals surface area contributed by atoms with Gasteiger partial charge in [0, 0.05) is 37.6 Å². The molecule has 0 saturated carbocycles. The van der Waals surface area contributed by atoms with Crippen LogP contribution in [0.1, 0.15) is 23.2 Å². The second kappa shape index (κ2) is 7.89. The van der Waals surface area contributed by atoms with Gasteiger partial charge in [-0.05, 0) is 44.9 Å². The van der Waals surface area contributed by atoms with E-state index in [4.69, 9.17) is 15.1 Å². The van der Waals surface area contributed by atoms with Gasteiger partial charge in [-0.1, -0.05) is 17.7 Å². The quantitative estimate of drug-likeness (QED) is 0.741. The van der Waals surface area contributed by atoms with E-state index in [9.17, 15) is 0 Å². The molecule has 2 aromatic heterocycles. The average Bonchev–Trinajstić information content (AvgIpc) is 2.96. The second-order valence-corrected chi connectivity index (χ2v) is 7.67. The summed E-state index contributed by atoms with van der Waals surface area (Å²) in [6.07, 6.45) is 2.84. The van der Waals surface area contributed by atoms with Crippen LogP contribution in [0.5, 0.6) is 0 Å². The van der Waals surface area contributed by atoms with Gasteiger partial charge in [0.2, 0.25) is 0 Å². The maximum Gasteiger partial charge on any atom is 0.150 e. The van der Waals surface area contributed by atoms with Crippen molar-refractivity contribution >= 4 is 11.0 Å². The van der Waals surface area contributed by atoms with Crippen LogP contribution in [0, 0.1) is 26.2 Å². The number of hydrogen-bond donors (Lipinski definition) is 1. The van der Waals surface area contributed by atoms with Crippen molar-refractivity contribution in [2.45, 2.75) is 33.7 Å². The van der Waals surface area contributed by atoms with Crippen molar-refractivity contribution in [3.05, 3.63) is 52.9 Å². The molecule has 1 aliphatic rings. The van der Waals surface area contributed by atoms with Gasteiger partial charge in [-0.25, -0.2) is 4.98 Å². The van der Waals surface area contributed by atoms with Crippen molar-refractivity contribution in [1.82, 2.24) is 19.0 Å². The van der Waals surface area contributed by atoms with E-state index in [1.165, 1.54) is 5.56 Å². The summed E-state index contributed by atoms with van der Waals surface area (Å²) in [5.41, 5.74) is 6.04. The van der Waals surface area contributed by atoms with Gasteiger partial charge < -0.3 is 9.30 Å². The lowest BCUT2D eigenvalue weighted by Gasteiger charge is -2.26. The Morgan fingerprint density at radius 2 is 1.75 bits per heavy atom. The van der Waals surface area contributed by atoms with E-state index in [1.807, 2.05) is 10.9 Å². The Hall–Kier alpha value is -2.44. The lowest BCUT2D eigenvalue weighted by atomic mass is 10.2. The fraction of sp³-hybridized carbons (Fsp3) is 0.455. The van der Waals surface area contributed by atoms with Gasteiger partial charge in [-0.2, -0.15) is 0 Å². The predicted molar refractivity (Wildman–Crippen MR) is 111 cm³/mol. The number of benzene rings is 1. The summed E-state index contributed by atoms with van der Waals surface area (Å²) in [6.45, 7) is 11.8. The summed E-state index contributed by atoms with van der Waals surface area (Å²) >= 11 is 0. The zero-order valence-electron chi connectivity index (χ0n) is 17.0. The topological polar surface area (TPSA) is 59.1 Å².